The fourth-order valence-corrected chi connectivity index (χ4v) is 2.31. The first-order valence-corrected chi connectivity index (χ1v) is 6.35. The molecule has 0 spiro atoms. The quantitative estimate of drug-likeness (QED) is 0.910. The molecule has 0 aliphatic carbocycles. The van der Waals surface area contributed by atoms with E-state index in [2.05, 4.69) is 20.7 Å². The van der Waals surface area contributed by atoms with Gasteiger partial charge in [-0.1, -0.05) is 36.4 Å². The Morgan fingerprint density at radius 3 is 2.42 bits per heavy atom. The van der Waals surface area contributed by atoms with Crippen LogP contribution in [-0.2, 0) is 6.61 Å². The highest BCUT2D eigenvalue weighted by Crippen LogP contribution is 2.38. The number of ether oxygens (including phenoxy) is 1. The van der Waals surface area contributed by atoms with Gasteiger partial charge in [-0.25, -0.2) is 0 Å². The highest BCUT2D eigenvalue weighted by molar-refractivity contribution is 9.10. The third-order valence-corrected chi connectivity index (χ3v) is 3.28. The van der Waals surface area contributed by atoms with Crippen LogP contribution >= 0.6 is 15.9 Å². The molecule has 2 nitrogen and oxygen atoms in total. The van der Waals surface area contributed by atoms with Crippen molar-refractivity contribution < 1.29 is 18.6 Å². The Kier molecular flexibility index (Phi) is 4.50. The van der Waals surface area contributed by atoms with Crippen LogP contribution in [0.15, 0.2) is 46.9 Å². The third-order valence-electron chi connectivity index (χ3n) is 2.65. The van der Waals surface area contributed by atoms with Crippen molar-refractivity contribution in [3.8, 4) is 16.9 Å². The van der Waals surface area contributed by atoms with E-state index >= 15 is 0 Å². The molecule has 1 N–H and O–H groups in total. The van der Waals surface area contributed by atoms with Gasteiger partial charge in [-0.2, -0.15) is 8.78 Å². The molecule has 0 atom stereocenters. The van der Waals surface area contributed by atoms with Gasteiger partial charge in [0.15, 0.2) is 0 Å². The summed E-state index contributed by atoms with van der Waals surface area (Å²) in [6.07, 6.45) is 0. The number of benzene rings is 2. The third kappa shape index (κ3) is 3.11. The smallest absolute Gasteiger partial charge is 0.387 e. The van der Waals surface area contributed by atoms with Gasteiger partial charge in [0.1, 0.15) is 5.75 Å². The molecule has 0 fully saturated rings. The van der Waals surface area contributed by atoms with Crippen LogP contribution in [0.2, 0.25) is 0 Å². The van der Waals surface area contributed by atoms with Crippen molar-refractivity contribution in [2.24, 2.45) is 0 Å². The SMILES string of the molecule is OCc1ccccc1-c1cccc(Br)c1OC(F)F. The molecule has 2 aromatic carbocycles. The van der Waals surface area contributed by atoms with Crippen LogP contribution in [-0.4, -0.2) is 11.7 Å². The maximum atomic E-state index is 12.5. The maximum absolute atomic E-state index is 12.5. The van der Waals surface area contributed by atoms with Crippen molar-refractivity contribution in [2.75, 3.05) is 0 Å². The summed E-state index contributed by atoms with van der Waals surface area (Å²) >= 11 is 3.20. The van der Waals surface area contributed by atoms with Gasteiger partial charge in [-0.05, 0) is 33.1 Å². The number of hydrogen-bond donors (Lipinski definition) is 1. The molecule has 0 heterocycles. The Balaban J connectivity index is 2.58. The molecule has 0 aromatic heterocycles. The molecule has 2 rings (SSSR count). The van der Waals surface area contributed by atoms with Gasteiger partial charge >= 0.3 is 6.61 Å². The fourth-order valence-electron chi connectivity index (χ4n) is 1.85. The van der Waals surface area contributed by atoms with Gasteiger partial charge in [0, 0.05) is 5.56 Å². The molecule has 0 amide bonds. The molecule has 0 saturated carbocycles. The van der Waals surface area contributed by atoms with Gasteiger partial charge in [-0.15, -0.1) is 0 Å². The van der Waals surface area contributed by atoms with Crippen LogP contribution in [0, 0.1) is 0 Å². The van der Waals surface area contributed by atoms with E-state index in [1.165, 1.54) is 0 Å². The predicted octanol–water partition coefficient (Wildman–Crippen LogP) is 4.21. The van der Waals surface area contributed by atoms with E-state index in [0.29, 0.717) is 21.2 Å². The Labute approximate surface area is 117 Å². The molecule has 0 bridgehead atoms. The maximum Gasteiger partial charge on any atom is 0.387 e. The highest BCUT2D eigenvalue weighted by atomic mass is 79.9. The molecule has 0 aliphatic rings. The van der Waals surface area contributed by atoms with Gasteiger partial charge in [0.05, 0.1) is 11.1 Å². The second-order valence-electron chi connectivity index (χ2n) is 3.81. The summed E-state index contributed by atoms with van der Waals surface area (Å²) in [6, 6.07) is 12.1. The van der Waals surface area contributed by atoms with Crippen molar-refractivity contribution in [3.63, 3.8) is 0 Å². The average molecular weight is 329 g/mol. The first-order chi connectivity index (χ1) is 9.13. The lowest BCUT2D eigenvalue weighted by Crippen LogP contribution is -2.04. The molecule has 19 heavy (non-hydrogen) atoms. The van der Waals surface area contributed by atoms with Crippen LogP contribution < -0.4 is 4.74 Å². The molecule has 0 unspecified atom stereocenters. The van der Waals surface area contributed by atoms with E-state index in [4.69, 9.17) is 0 Å². The monoisotopic (exact) mass is 328 g/mol. The molecule has 0 aliphatic heterocycles. The molecule has 0 saturated heterocycles. The Morgan fingerprint density at radius 2 is 1.74 bits per heavy atom. The summed E-state index contributed by atoms with van der Waals surface area (Å²) in [4.78, 5) is 0. The number of alkyl halides is 2. The van der Waals surface area contributed by atoms with Crippen LogP contribution in [0.3, 0.4) is 0 Å². The summed E-state index contributed by atoms with van der Waals surface area (Å²) in [7, 11) is 0. The number of aliphatic hydroxyl groups is 1. The van der Waals surface area contributed by atoms with E-state index in [1.807, 2.05) is 0 Å². The second-order valence-corrected chi connectivity index (χ2v) is 4.66. The predicted molar refractivity (Wildman–Crippen MR) is 72.1 cm³/mol. The summed E-state index contributed by atoms with van der Waals surface area (Å²) in [5.74, 6) is 0.0680. The summed E-state index contributed by atoms with van der Waals surface area (Å²) in [5, 5.41) is 9.32. The lowest BCUT2D eigenvalue weighted by Gasteiger charge is -2.14. The Hall–Kier alpha value is -1.46. The molecule has 100 valence electrons. The number of rotatable bonds is 4. The minimum atomic E-state index is -2.90. The van der Waals surface area contributed by atoms with E-state index in [-0.39, 0.29) is 12.4 Å². The molecular formula is C14H11BrF2O2. The van der Waals surface area contributed by atoms with Crippen LogP contribution in [0.5, 0.6) is 5.75 Å². The number of halogens is 3. The first kappa shape index (κ1) is 14.0. The topological polar surface area (TPSA) is 29.5 Å². The van der Waals surface area contributed by atoms with E-state index in [0.717, 1.165) is 0 Å². The zero-order valence-electron chi connectivity index (χ0n) is 9.82. The van der Waals surface area contributed by atoms with Crippen LogP contribution in [0.25, 0.3) is 11.1 Å². The minimum Gasteiger partial charge on any atom is -0.433 e. The summed E-state index contributed by atoms with van der Waals surface area (Å²) in [6.45, 7) is -3.07. The molecule has 5 heteroatoms. The van der Waals surface area contributed by atoms with E-state index < -0.39 is 6.61 Å². The van der Waals surface area contributed by atoms with Crippen molar-refractivity contribution in [3.05, 3.63) is 52.5 Å². The van der Waals surface area contributed by atoms with Crippen molar-refractivity contribution in [1.29, 1.82) is 0 Å². The normalized spacial score (nSPS) is 10.8. The zero-order valence-corrected chi connectivity index (χ0v) is 11.4. The largest absolute Gasteiger partial charge is 0.433 e. The summed E-state index contributed by atoms with van der Waals surface area (Å²) < 4.78 is 30.0. The van der Waals surface area contributed by atoms with Gasteiger partial charge in [-0.3, -0.25) is 0 Å². The van der Waals surface area contributed by atoms with Gasteiger partial charge in [0.25, 0.3) is 0 Å². The van der Waals surface area contributed by atoms with Crippen LogP contribution in [0.1, 0.15) is 5.56 Å². The standard InChI is InChI=1S/C14H11BrF2O2/c15-12-7-3-6-11(13(12)19-14(16)17)10-5-2-1-4-9(10)8-18/h1-7,14,18H,8H2. The lowest BCUT2D eigenvalue weighted by atomic mass is 9.99. The highest BCUT2D eigenvalue weighted by Gasteiger charge is 2.16. The summed E-state index contributed by atoms with van der Waals surface area (Å²) in [5.41, 5.74) is 1.83. The van der Waals surface area contributed by atoms with E-state index in [1.54, 1.807) is 42.5 Å². The number of hydrogen-bond acceptors (Lipinski definition) is 2. The minimum absolute atomic E-state index is 0.0680. The van der Waals surface area contributed by atoms with Gasteiger partial charge < -0.3 is 9.84 Å². The Morgan fingerprint density at radius 1 is 1.05 bits per heavy atom. The second kappa shape index (κ2) is 6.12. The lowest BCUT2D eigenvalue weighted by molar-refractivity contribution is -0.0499. The number of aliphatic hydroxyl groups excluding tert-OH is 1. The van der Waals surface area contributed by atoms with Crippen molar-refractivity contribution in [1.82, 2.24) is 0 Å². The molecular weight excluding hydrogens is 318 g/mol. The average Bonchev–Trinajstić information content (AvgIpc) is 2.40. The molecule has 2 aromatic rings. The van der Waals surface area contributed by atoms with Gasteiger partial charge in [0.2, 0.25) is 0 Å². The van der Waals surface area contributed by atoms with Crippen LogP contribution in [0.4, 0.5) is 8.78 Å². The zero-order chi connectivity index (χ0) is 13.8. The fraction of sp³-hybridized carbons (Fsp3) is 0.143. The first-order valence-electron chi connectivity index (χ1n) is 5.56. The Bertz CT molecular complexity index is 573. The van der Waals surface area contributed by atoms with Crippen molar-refractivity contribution in [2.45, 2.75) is 13.2 Å². The molecule has 0 radical (unpaired) electrons. The van der Waals surface area contributed by atoms with E-state index in [9.17, 15) is 13.9 Å². The number of para-hydroxylation sites is 1. The van der Waals surface area contributed by atoms with Crippen molar-refractivity contribution >= 4 is 15.9 Å².